The summed E-state index contributed by atoms with van der Waals surface area (Å²) in [6.07, 6.45) is -5.32. The second-order valence-electron chi connectivity index (χ2n) is 9.48. The fraction of sp³-hybridized carbons (Fsp3) is 0.652. The van der Waals surface area contributed by atoms with Gasteiger partial charge >= 0.3 is 11.9 Å². The molecule has 2 aliphatic carbocycles. The number of hydrogen-bond acceptors (Lipinski definition) is 8. The van der Waals surface area contributed by atoms with Crippen molar-refractivity contribution in [3.05, 3.63) is 28.8 Å². The van der Waals surface area contributed by atoms with Crippen LogP contribution in [0.1, 0.15) is 69.8 Å². The molecule has 0 saturated heterocycles. The SMILES string of the molecule is COC(=O)C1(C)C(O)CC(O)C2(C)c3c(O)cc(C(C)C)cc3C(O)C(OC(C)=O)C12. The van der Waals surface area contributed by atoms with Crippen molar-refractivity contribution < 1.29 is 39.5 Å². The molecule has 0 radical (unpaired) electrons. The molecule has 31 heavy (non-hydrogen) atoms. The first-order valence-electron chi connectivity index (χ1n) is 10.5. The van der Waals surface area contributed by atoms with E-state index in [1.165, 1.54) is 21.0 Å². The van der Waals surface area contributed by atoms with Gasteiger partial charge in [-0.25, -0.2) is 0 Å². The molecule has 1 fully saturated rings. The highest BCUT2D eigenvalue weighted by Gasteiger charge is 2.69. The van der Waals surface area contributed by atoms with Crippen molar-refractivity contribution in [2.75, 3.05) is 7.11 Å². The number of rotatable bonds is 3. The number of ether oxygens (including phenoxy) is 2. The second kappa shape index (κ2) is 7.76. The molecule has 0 heterocycles. The molecule has 7 atom stereocenters. The first-order valence-corrected chi connectivity index (χ1v) is 10.5. The van der Waals surface area contributed by atoms with Crippen LogP contribution in [0.3, 0.4) is 0 Å². The minimum atomic E-state index is -1.62. The molecule has 0 aliphatic heterocycles. The first kappa shape index (κ1) is 23.5. The van der Waals surface area contributed by atoms with Gasteiger partial charge in [-0.2, -0.15) is 0 Å². The average Bonchev–Trinajstić information content (AvgIpc) is 2.68. The Morgan fingerprint density at radius 3 is 2.26 bits per heavy atom. The maximum absolute atomic E-state index is 12.9. The number of aliphatic hydroxyl groups is 3. The summed E-state index contributed by atoms with van der Waals surface area (Å²) in [6, 6.07) is 3.31. The van der Waals surface area contributed by atoms with Crippen LogP contribution < -0.4 is 0 Å². The van der Waals surface area contributed by atoms with Gasteiger partial charge in [0.15, 0.2) is 0 Å². The summed E-state index contributed by atoms with van der Waals surface area (Å²) < 4.78 is 10.5. The van der Waals surface area contributed by atoms with Crippen LogP contribution in [0.25, 0.3) is 0 Å². The van der Waals surface area contributed by atoms with Gasteiger partial charge in [0.05, 0.1) is 24.7 Å². The normalized spacial score (nSPS) is 37.0. The number of carbonyl (C=O) groups excluding carboxylic acids is 2. The van der Waals surface area contributed by atoms with Gasteiger partial charge < -0.3 is 29.9 Å². The van der Waals surface area contributed by atoms with Gasteiger partial charge in [-0.15, -0.1) is 0 Å². The number of methoxy groups -OCH3 is 1. The zero-order valence-electron chi connectivity index (χ0n) is 18.7. The van der Waals surface area contributed by atoms with Crippen LogP contribution in [-0.2, 0) is 24.5 Å². The number of carbonyl (C=O) groups is 2. The lowest BCUT2D eigenvalue weighted by atomic mass is 9.46. The maximum Gasteiger partial charge on any atom is 0.314 e. The Morgan fingerprint density at radius 2 is 1.74 bits per heavy atom. The lowest BCUT2D eigenvalue weighted by molar-refractivity contribution is -0.219. The van der Waals surface area contributed by atoms with Gasteiger partial charge in [-0.3, -0.25) is 9.59 Å². The highest BCUT2D eigenvalue weighted by molar-refractivity contribution is 5.79. The summed E-state index contributed by atoms with van der Waals surface area (Å²) in [5.41, 5.74) is -1.56. The molecule has 8 heteroatoms. The highest BCUT2D eigenvalue weighted by atomic mass is 16.6. The van der Waals surface area contributed by atoms with Crippen LogP contribution in [-0.4, -0.2) is 57.8 Å². The predicted octanol–water partition coefficient (Wildman–Crippen LogP) is 1.67. The molecule has 0 spiro atoms. The molecule has 0 aromatic heterocycles. The molecule has 1 saturated carbocycles. The Kier molecular flexibility index (Phi) is 5.88. The van der Waals surface area contributed by atoms with Crippen molar-refractivity contribution in [1.29, 1.82) is 0 Å². The molecule has 4 N–H and O–H groups in total. The molecule has 172 valence electrons. The quantitative estimate of drug-likeness (QED) is 0.526. The van der Waals surface area contributed by atoms with Crippen molar-refractivity contribution in [2.24, 2.45) is 11.3 Å². The van der Waals surface area contributed by atoms with Gasteiger partial charge in [0.25, 0.3) is 0 Å². The number of phenols is 1. The van der Waals surface area contributed by atoms with E-state index in [2.05, 4.69) is 0 Å². The Hall–Kier alpha value is -2.16. The minimum absolute atomic E-state index is 0.0412. The van der Waals surface area contributed by atoms with Crippen LogP contribution in [0.15, 0.2) is 12.1 Å². The van der Waals surface area contributed by atoms with Crippen molar-refractivity contribution in [3.8, 4) is 5.75 Å². The average molecular weight is 437 g/mol. The Balaban J connectivity index is 2.39. The van der Waals surface area contributed by atoms with Gasteiger partial charge in [-0.05, 0) is 30.0 Å². The van der Waals surface area contributed by atoms with Crippen molar-refractivity contribution in [3.63, 3.8) is 0 Å². The smallest absolute Gasteiger partial charge is 0.314 e. The van der Waals surface area contributed by atoms with E-state index >= 15 is 0 Å². The number of fused-ring (bicyclic) bond motifs is 3. The van der Waals surface area contributed by atoms with Crippen LogP contribution >= 0.6 is 0 Å². The number of hydrogen-bond donors (Lipinski definition) is 4. The Bertz CT molecular complexity index is 896. The zero-order valence-corrected chi connectivity index (χ0v) is 18.7. The molecule has 1 aromatic carbocycles. The number of aliphatic hydroxyl groups excluding tert-OH is 3. The summed E-state index contributed by atoms with van der Waals surface area (Å²) in [5, 5.41) is 44.4. The number of benzene rings is 1. The summed E-state index contributed by atoms with van der Waals surface area (Å²) >= 11 is 0. The lowest BCUT2D eigenvalue weighted by Gasteiger charge is -2.60. The van der Waals surface area contributed by atoms with E-state index in [4.69, 9.17) is 9.47 Å². The van der Waals surface area contributed by atoms with Crippen molar-refractivity contribution in [2.45, 2.75) is 76.8 Å². The van der Waals surface area contributed by atoms with Gasteiger partial charge in [0.1, 0.15) is 18.0 Å². The molecule has 8 nitrogen and oxygen atoms in total. The summed E-state index contributed by atoms with van der Waals surface area (Å²) in [7, 11) is 1.18. The van der Waals surface area contributed by atoms with Gasteiger partial charge in [0, 0.05) is 30.2 Å². The van der Waals surface area contributed by atoms with Crippen LogP contribution in [0.4, 0.5) is 0 Å². The van der Waals surface area contributed by atoms with E-state index in [-0.39, 0.29) is 23.7 Å². The third-order valence-electron chi connectivity index (χ3n) is 7.38. The summed E-state index contributed by atoms with van der Waals surface area (Å²) in [5.74, 6) is -2.60. The Labute approximate surface area is 181 Å². The second-order valence-corrected chi connectivity index (χ2v) is 9.48. The molecular weight excluding hydrogens is 404 g/mol. The highest BCUT2D eigenvalue weighted by Crippen LogP contribution is 2.62. The van der Waals surface area contributed by atoms with Crippen molar-refractivity contribution >= 4 is 11.9 Å². The molecular formula is C23H32O8. The molecule has 3 rings (SSSR count). The third-order valence-corrected chi connectivity index (χ3v) is 7.38. The van der Waals surface area contributed by atoms with E-state index in [9.17, 15) is 30.0 Å². The van der Waals surface area contributed by atoms with Crippen LogP contribution in [0.5, 0.6) is 5.75 Å². The van der Waals surface area contributed by atoms with Gasteiger partial charge in [0.2, 0.25) is 0 Å². The lowest BCUT2D eigenvalue weighted by Crippen LogP contribution is -2.69. The van der Waals surface area contributed by atoms with E-state index in [1.54, 1.807) is 19.1 Å². The van der Waals surface area contributed by atoms with Crippen LogP contribution in [0.2, 0.25) is 0 Å². The van der Waals surface area contributed by atoms with Crippen molar-refractivity contribution in [1.82, 2.24) is 0 Å². The summed E-state index contributed by atoms with van der Waals surface area (Å²) in [6.45, 7) is 8.19. The number of aromatic hydroxyl groups is 1. The minimum Gasteiger partial charge on any atom is -0.508 e. The number of phenolic OH excluding ortho intramolecular Hbond substituents is 1. The molecule has 7 unspecified atom stereocenters. The molecule has 1 aromatic rings. The topological polar surface area (TPSA) is 134 Å². The largest absolute Gasteiger partial charge is 0.508 e. The van der Waals surface area contributed by atoms with E-state index in [0.29, 0.717) is 5.56 Å². The third kappa shape index (κ3) is 3.23. The molecule has 2 aliphatic rings. The fourth-order valence-corrected chi connectivity index (χ4v) is 5.73. The van der Waals surface area contributed by atoms with E-state index in [0.717, 1.165) is 5.56 Å². The molecule has 0 bridgehead atoms. The summed E-state index contributed by atoms with van der Waals surface area (Å²) in [4.78, 5) is 24.9. The zero-order chi connectivity index (χ0) is 23.5. The Morgan fingerprint density at radius 1 is 1.13 bits per heavy atom. The van der Waals surface area contributed by atoms with E-state index in [1.807, 2.05) is 13.8 Å². The van der Waals surface area contributed by atoms with E-state index < -0.39 is 53.1 Å². The maximum atomic E-state index is 12.9. The monoisotopic (exact) mass is 436 g/mol. The standard InChI is InChI=1S/C23H32O8/c1-10(2)12-7-13-17(14(25)8-12)22(4)15(26)9-16(27)23(5,21(29)30-6)20(22)19(18(13)28)31-11(3)24/h7-8,10,15-16,18-20,25-28H,9H2,1-6H3. The van der Waals surface area contributed by atoms with Crippen LogP contribution in [0, 0.1) is 11.3 Å². The van der Waals surface area contributed by atoms with Gasteiger partial charge in [-0.1, -0.05) is 26.8 Å². The molecule has 0 amide bonds. The first-order chi connectivity index (χ1) is 14.3. The number of esters is 2. The fourth-order valence-electron chi connectivity index (χ4n) is 5.73. The predicted molar refractivity (Wildman–Crippen MR) is 110 cm³/mol.